The van der Waals surface area contributed by atoms with E-state index in [1.165, 1.54) is 0 Å². The monoisotopic (exact) mass is 368 g/mol. The molecule has 0 amide bonds. The normalized spacial score (nSPS) is 5.45. The molecule has 0 aliphatic carbocycles. The average Bonchev–Trinajstić information content (AvgIpc) is 0.722. The molecule has 0 saturated carbocycles. The van der Waals surface area contributed by atoms with Crippen molar-refractivity contribution in [2.24, 2.45) is 0 Å². The molecule has 12 N–H and O–H groups in total. The van der Waals surface area contributed by atoms with Gasteiger partial charge in [0.25, 0.3) is 0 Å². The van der Waals surface area contributed by atoms with Crippen LogP contribution in [0.3, 0.4) is 0 Å². The fraction of sp³-hybridized carbons (Fsp3) is 0. The summed E-state index contributed by atoms with van der Waals surface area (Å²) in [7, 11) is 20.1. The molecule has 0 rings (SSSR count). The number of rotatable bonds is 0. The standard InChI is InChI=1S/4ClH.6H2O.Sn/h4*1H;6*1H2;/q;;;;;;;;;;+4/p-4. The van der Waals surface area contributed by atoms with Crippen molar-refractivity contribution in [1.82, 2.24) is 0 Å². The Kier molecular flexibility index (Phi) is 110. The Morgan fingerprint density at radius 2 is 0.455 bits per heavy atom. The predicted octanol–water partition coefficient (Wildman–Crippen LogP) is -2.57. The van der Waals surface area contributed by atoms with Crippen LogP contribution >= 0.6 is 35.7 Å². The van der Waals surface area contributed by atoms with Gasteiger partial charge < -0.3 is 32.9 Å². The van der Waals surface area contributed by atoms with E-state index in [0.29, 0.717) is 0 Å². The quantitative estimate of drug-likeness (QED) is 0.406. The zero-order valence-corrected chi connectivity index (χ0v) is 10.9. The van der Waals surface area contributed by atoms with E-state index in [9.17, 15) is 0 Å². The van der Waals surface area contributed by atoms with Gasteiger partial charge in [0.15, 0.2) is 0 Å². The van der Waals surface area contributed by atoms with Gasteiger partial charge in [-0.05, 0) is 0 Å². The maximum absolute atomic E-state index is 5.04. The summed E-state index contributed by atoms with van der Waals surface area (Å²) in [5.74, 6) is 0. The molecule has 11 heteroatoms. The Bertz CT molecular complexity index is 30.1. The predicted molar refractivity (Wildman–Crippen MR) is 50.8 cm³/mol. The van der Waals surface area contributed by atoms with Crippen LogP contribution < -0.4 is 0 Å². The summed E-state index contributed by atoms with van der Waals surface area (Å²) >= 11 is -3.29. The van der Waals surface area contributed by atoms with E-state index in [4.69, 9.17) is 35.7 Å². The van der Waals surface area contributed by atoms with E-state index in [2.05, 4.69) is 0 Å². The molecule has 0 bridgehead atoms. The van der Waals surface area contributed by atoms with Crippen LogP contribution in [0.4, 0.5) is 0 Å². The van der Waals surface area contributed by atoms with Crippen LogP contribution in [0, 0.1) is 0 Å². The molecule has 0 unspecified atom stereocenters. The Morgan fingerprint density at radius 3 is 0.455 bits per heavy atom. The van der Waals surface area contributed by atoms with Crippen molar-refractivity contribution in [3.63, 3.8) is 0 Å². The van der Waals surface area contributed by atoms with Gasteiger partial charge in [0.1, 0.15) is 0 Å². The fourth-order valence-electron chi connectivity index (χ4n) is 0. The van der Waals surface area contributed by atoms with Gasteiger partial charge in [-0.3, -0.25) is 0 Å². The van der Waals surface area contributed by atoms with Crippen molar-refractivity contribution in [2.75, 3.05) is 0 Å². The summed E-state index contributed by atoms with van der Waals surface area (Å²) in [6, 6.07) is 0. The van der Waals surface area contributed by atoms with Crippen LogP contribution in [0.1, 0.15) is 0 Å². The van der Waals surface area contributed by atoms with Gasteiger partial charge in [0, 0.05) is 0 Å². The second-order valence-corrected chi connectivity index (χ2v) is 25.9. The van der Waals surface area contributed by atoms with Crippen molar-refractivity contribution < 1.29 is 32.9 Å². The van der Waals surface area contributed by atoms with Gasteiger partial charge in [-0.15, -0.1) is 0 Å². The van der Waals surface area contributed by atoms with Gasteiger partial charge in [0.2, 0.25) is 0 Å². The summed E-state index contributed by atoms with van der Waals surface area (Å²) in [4.78, 5) is 0. The molecular weight excluding hydrogens is 357 g/mol. The number of hydrogen-bond acceptors (Lipinski definition) is 0. The molecule has 0 aromatic rings. The summed E-state index contributed by atoms with van der Waals surface area (Å²) in [6.07, 6.45) is 0. The zero-order valence-electron chi connectivity index (χ0n) is 5.01. The van der Waals surface area contributed by atoms with Gasteiger partial charge in [-0.25, -0.2) is 0 Å². The van der Waals surface area contributed by atoms with Crippen molar-refractivity contribution in [3.8, 4) is 0 Å². The first-order chi connectivity index (χ1) is 2.00. The van der Waals surface area contributed by atoms with E-state index < -0.39 is 13.9 Å². The van der Waals surface area contributed by atoms with E-state index in [1.807, 2.05) is 0 Å². The van der Waals surface area contributed by atoms with Crippen LogP contribution in [0.5, 0.6) is 0 Å². The van der Waals surface area contributed by atoms with Crippen LogP contribution in [-0.2, 0) is 0 Å². The van der Waals surface area contributed by atoms with Crippen molar-refractivity contribution in [2.45, 2.75) is 0 Å². The molecule has 0 heterocycles. The molecule has 0 aliphatic heterocycles. The Balaban J connectivity index is -0.00000000533. The average molecular weight is 369 g/mol. The van der Waals surface area contributed by atoms with Crippen molar-refractivity contribution in [1.29, 1.82) is 0 Å². The minimum atomic E-state index is -3.29. The third-order valence-corrected chi connectivity index (χ3v) is 0. The third-order valence-electron chi connectivity index (χ3n) is 0. The van der Waals surface area contributed by atoms with Gasteiger partial charge >= 0.3 is 49.6 Å². The Hall–Kier alpha value is 1.72. The summed E-state index contributed by atoms with van der Waals surface area (Å²) in [5, 5.41) is 0. The molecule has 6 nitrogen and oxygen atoms in total. The van der Waals surface area contributed by atoms with Gasteiger partial charge in [0.05, 0.1) is 0 Å². The summed E-state index contributed by atoms with van der Waals surface area (Å²) in [6.45, 7) is 0. The van der Waals surface area contributed by atoms with Crippen LogP contribution in [0.25, 0.3) is 0 Å². The fourth-order valence-corrected chi connectivity index (χ4v) is 0. The van der Waals surface area contributed by atoms with Crippen LogP contribution in [0.2, 0.25) is 0 Å². The van der Waals surface area contributed by atoms with Crippen LogP contribution in [-0.4, -0.2) is 46.7 Å². The minimum absolute atomic E-state index is 0. The Labute approximate surface area is 82.0 Å². The second-order valence-electron chi connectivity index (χ2n) is 0.429. The third kappa shape index (κ3) is 375. The maximum atomic E-state index is 5.04. The molecule has 0 saturated heterocycles. The molecule has 11 heavy (non-hydrogen) atoms. The van der Waals surface area contributed by atoms with Crippen LogP contribution in [0.15, 0.2) is 0 Å². The first kappa shape index (κ1) is 53.4. The Morgan fingerprint density at radius 1 is 0.455 bits per heavy atom. The molecule has 0 atom stereocenters. The van der Waals surface area contributed by atoms with Gasteiger partial charge in [-0.1, -0.05) is 0 Å². The summed E-state index contributed by atoms with van der Waals surface area (Å²) in [5.41, 5.74) is 0. The van der Waals surface area contributed by atoms with E-state index in [0.717, 1.165) is 0 Å². The molecular formula is H12Cl4O6Sn. The summed E-state index contributed by atoms with van der Waals surface area (Å²) < 4.78 is 0. The molecule has 0 fully saturated rings. The molecule has 0 aliphatic rings. The molecule has 80 valence electrons. The zero-order chi connectivity index (χ0) is 4.50. The number of hydrogen-bond donors (Lipinski definition) is 0. The van der Waals surface area contributed by atoms with E-state index in [1.54, 1.807) is 0 Å². The number of halogens is 4. The molecule has 0 radical (unpaired) electrons. The van der Waals surface area contributed by atoms with E-state index in [-0.39, 0.29) is 32.9 Å². The molecule has 0 aromatic carbocycles. The second kappa shape index (κ2) is 22.6. The first-order valence-corrected chi connectivity index (χ1v) is 15.2. The molecule has 0 aromatic heterocycles. The van der Waals surface area contributed by atoms with Crippen molar-refractivity contribution in [3.05, 3.63) is 0 Å². The SMILES string of the molecule is O.O.O.O.O.O.[Cl][Sn]([Cl])([Cl])[Cl]. The van der Waals surface area contributed by atoms with Gasteiger partial charge in [-0.2, -0.15) is 0 Å². The van der Waals surface area contributed by atoms with E-state index >= 15 is 0 Å². The van der Waals surface area contributed by atoms with Crippen molar-refractivity contribution >= 4 is 49.6 Å². The first-order valence-electron chi connectivity index (χ1n) is 0.756. The topological polar surface area (TPSA) is 189 Å². The molecule has 0 spiro atoms.